The molecule has 0 bridgehead atoms. The van der Waals surface area contributed by atoms with Gasteiger partial charge in [0.1, 0.15) is 17.3 Å². The number of hydrogen-bond donors (Lipinski definition) is 2. The molecule has 0 saturated carbocycles. The number of aromatic nitrogens is 2. The average Bonchev–Trinajstić information content (AvgIpc) is 2.73. The molecule has 3 rings (SSSR count). The standard InChI is InChI=1S/C21H24N4O2/c1-26-18-8-5-6-16(14-18)10-12-22-20-11-13-23-21(25-20)24-15-17-7-3-4-9-19(17)27-2/h3-9,11,13-14H,10,12,15H2,1-2H3,(H2,22,23,24,25). The van der Waals surface area contributed by atoms with E-state index >= 15 is 0 Å². The molecule has 0 aliphatic heterocycles. The van der Waals surface area contributed by atoms with E-state index < -0.39 is 0 Å². The fourth-order valence-electron chi connectivity index (χ4n) is 2.73. The van der Waals surface area contributed by atoms with Crippen molar-refractivity contribution in [3.05, 3.63) is 71.9 Å². The molecule has 0 saturated heterocycles. The molecule has 0 fully saturated rings. The van der Waals surface area contributed by atoms with Crippen molar-refractivity contribution in [2.45, 2.75) is 13.0 Å². The van der Waals surface area contributed by atoms with Crippen molar-refractivity contribution in [2.75, 3.05) is 31.4 Å². The molecule has 6 heteroatoms. The van der Waals surface area contributed by atoms with Gasteiger partial charge in [-0.1, -0.05) is 30.3 Å². The number of rotatable bonds is 9. The number of anilines is 2. The predicted molar refractivity (Wildman–Crippen MR) is 108 cm³/mol. The van der Waals surface area contributed by atoms with E-state index in [1.807, 2.05) is 48.5 Å². The summed E-state index contributed by atoms with van der Waals surface area (Å²) in [6.45, 7) is 1.37. The zero-order valence-electron chi connectivity index (χ0n) is 15.6. The van der Waals surface area contributed by atoms with Crippen molar-refractivity contribution in [2.24, 2.45) is 0 Å². The van der Waals surface area contributed by atoms with Crippen LogP contribution in [-0.2, 0) is 13.0 Å². The van der Waals surface area contributed by atoms with Gasteiger partial charge in [0.05, 0.1) is 14.2 Å². The number of ether oxygens (including phenoxy) is 2. The lowest BCUT2D eigenvalue weighted by molar-refractivity contribution is 0.410. The van der Waals surface area contributed by atoms with Crippen molar-refractivity contribution in [3.63, 3.8) is 0 Å². The summed E-state index contributed by atoms with van der Waals surface area (Å²) in [6, 6.07) is 17.8. The Morgan fingerprint density at radius 2 is 1.81 bits per heavy atom. The largest absolute Gasteiger partial charge is 0.497 e. The van der Waals surface area contributed by atoms with Gasteiger partial charge in [0.15, 0.2) is 0 Å². The van der Waals surface area contributed by atoms with Gasteiger partial charge < -0.3 is 20.1 Å². The normalized spacial score (nSPS) is 10.3. The van der Waals surface area contributed by atoms with E-state index in [0.717, 1.165) is 35.8 Å². The maximum Gasteiger partial charge on any atom is 0.224 e. The first-order valence-corrected chi connectivity index (χ1v) is 8.84. The van der Waals surface area contributed by atoms with Gasteiger partial charge in [-0.05, 0) is 36.2 Å². The highest BCUT2D eigenvalue weighted by Crippen LogP contribution is 2.18. The first-order valence-electron chi connectivity index (χ1n) is 8.84. The van der Waals surface area contributed by atoms with Crippen LogP contribution < -0.4 is 20.1 Å². The molecular formula is C21H24N4O2. The topological polar surface area (TPSA) is 68.3 Å². The Hall–Kier alpha value is -3.28. The summed E-state index contributed by atoms with van der Waals surface area (Å²) in [5.74, 6) is 3.08. The van der Waals surface area contributed by atoms with Crippen molar-refractivity contribution in [1.29, 1.82) is 0 Å². The minimum atomic E-state index is 0.576. The van der Waals surface area contributed by atoms with E-state index in [2.05, 4.69) is 26.7 Å². The minimum Gasteiger partial charge on any atom is -0.497 e. The number of methoxy groups -OCH3 is 2. The lowest BCUT2D eigenvalue weighted by atomic mass is 10.1. The summed E-state index contributed by atoms with van der Waals surface area (Å²) >= 11 is 0. The van der Waals surface area contributed by atoms with Gasteiger partial charge in [-0.2, -0.15) is 4.98 Å². The predicted octanol–water partition coefficient (Wildman–Crippen LogP) is 3.76. The summed E-state index contributed by atoms with van der Waals surface area (Å²) in [6.07, 6.45) is 2.62. The third-order valence-corrected chi connectivity index (χ3v) is 4.14. The van der Waals surface area contributed by atoms with Gasteiger partial charge in [-0.25, -0.2) is 4.98 Å². The Balaban J connectivity index is 1.54. The molecule has 0 aliphatic carbocycles. The highest BCUT2D eigenvalue weighted by atomic mass is 16.5. The first kappa shape index (κ1) is 18.5. The Morgan fingerprint density at radius 1 is 0.926 bits per heavy atom. The lowest BCUT2D eigenvalue weighted by Gasteiger charge is -2.11. The molecule has 1 heterocycles. The van der Waals surface area contributed by atoms with Crippen LogP contribution in [0.25, 0.3) is 0 Å². The molecule has 2 N–H and O–H groups in total. The van der Waals surface area contributed by atoms with Crippen LogP contribution in [0, 0.1) is 0 Å². The van der Waals surface area contributed by atoms with Crippen LogP contribution >= 0.6 is 0 Å². The van der Waals surface area contributed by atoms with Crippen LogP contribution in [0.4, 0.5) is 11.8 Å². The lowest BCUT2D eigenvalue weighted by Crippen LogP contribution is -2.09. The molecule has 140 valence electrons. The minimum absolute atomic E-state index is 0.576. The Labute approximate surface area is 159 Å². The Kier molecular flexibility index (Phi) is 6.46. The third-order valence-electron chi connectivity index (χ3n) is 4.14. The maximum absolute atomic E-state index is 5.37. The van der Waals surface area contributed by atoms with Gasteiger partial charge in [0.2, 0.25) is 5.95 Å². The molecule has 2 aromatic carbocycles. The van der Waals surface area contributed by atoms with Crippen LogP contribution in [0.15, 0.2) is 60.8 Å². The van der Waals surface area contributed by atoms with Crippen LogP contribution in [0.1, 0.15) is 11.1 Å². The number of nitrogens with one attached hydrogen (secondary N) is 2. The van der Waals surface area contributed by atoms with Gasteiger partial charge in [-0.3, -0.25) is 0 Å². The summed E-state index contributed by atoms with van der Waals surface area (Å²) in [4.78, 5) is 8.79. The van der Waals surface area contributed by atoms with Gasteiger partial charge in [0.25, 0.3) is 0 Å². The van der Waals surface area contributed by atoms with Gasteiger partial charge in [0, 0.05) is 24.8 Å². The highest BCUT2D eigenvalue weighted by molar-refractivity contribution is 5.42. The zero-order valence-corrected chi connectivity index (χ0v) is 15.6. The summed E-state index contributed by atoms with van der Waals surface area (Å²) < 4.78 is 10.6. The van der Waals surface area contributed by atoms with Crippen LogP contribution in [0.3, 0.4) is 0 Å². The van der Waals surface area contributed by atoms with Crippen LogP contribution in [0.2, 0.25) is 0 Å². The molecule has 0 atom stereocenters. The molecule has 27 heavy (non-hydrogen) atoms. The fourth-order valence-corrected chi connectivity index (χ4v) is 2.73. The van der Waals surface area contributed by atoms with Crippen molar-refractivity contribution < 1.29 is 9.47 Å². The second-order valence-corrected chi connectivity index (χ2v) is 5.96. The SMILES string of the molecule is COc1cccc(CCNc2ccnc(NCc3ccccc3OC)n2)c1. The molecule has 3 aromatic rings. The molecule has 1 aromatic heterocycles. The van der Waals surface area contributed by atoms with Crippen LogP contribution in [-0.4, -0.2) is 30.7 Å². The monoisotopic (exact) mass is 364 g/mol. The van der Waals surface area contributed by atoms with Crippen molar-refractivity contribution in [3.8, 4) is 11.5 Å². The third kappa shape index (κ3) is 5.34. The van der Waals surface area contributed by atoms with E-state index in [9.17, 15) is 0 Å². The summed E-state index contributed by atoms with van der Waals surface area (Å²) in [5.41, 5.74) is 2.27. The van der Waals surface area contributed by atoms with Crippen molar-refractivity contribution in [1.82, 2.24) is 9.97 Å². The average molecular weight is 364 g/mol. The van der Waals surface area contributed by atoms with Gasteiger partial charge >= 0.3 is 0 Å². The number of benzene rings is 2. The molecule has 0 aliphatic rings. The van der Waals surface area contributed by atoms with E-state index in [0.29, 0.717) is 12.5 Å². The number of hydrogen-bond acceptors (Lipinski definition) is 6. The first-order chi connectivity index (χ1) is 13.3. The van der Waals surface area contributed by atoms with Crippen molar-refractivity contribution >= 4 is 11.8 Å². The number of nitrogens with zero attached hydrogens (tertiary/aromatic N) is 2. The smallest absolute Gasteiger partial charge is 0.224 e. The Bertz CT molecular complexity index is 870. The van der Waals surface area contributed by atoms with Gasteiger partial charge in [-0.15, -0.1) is 0 Å². The Morgan fingerprint density at radius 3 is 2.67 bits per heavy atom. The number of para-hydroxylation sites is 1. The molecule has 0 amide bonds. The van der Waals surface area contributed by atoms with E-state index in [-0.39, 0.29) is 0 Å². The second kappa shape index (κ2) is 9.43. The quantitative estimate of drug-likeness (QED) is 0.603. The molecule has 6 nitrogen and oxygen atoms in total. The van der Waals surface area contributed by atoms with E-state index in [1.54, 1.807) is 20.4 Å². The highest BCUT2D eigenvalue weighted by Gasteiger charge is 2.04. The van der Waals surface area contributed by atoms with E-state index in [4.69, 9.17) is 9.47 Å². The fraction of sp³-hybridized carbons (Fsp3) is 0.238. The van der Waals surface area contributed by atoms with E-state index in [1.165, 1.54) is 5.56 Å². The zero-order chi connectivity index (χ0) is 18.9. The molecule has 0 radical (unpaired) electrons. The summed E-state index contributed by atoms with van der Waals surface area (Å²) in [5, 5.41) is 6.58. The van der Waals surface area contributed by atoms with Crippen LogP contribution in [0.5, 0.6) is 11.5 Å². The second-order valence-electron chi connectivity index (χ2n) is 5.96. The summed E-state index contributed by atoms with van der Waals surface area (Å²) in [7, 11) is 3.35. The molecular weight excluding hydrogens is 340 g/mol. The molecule has 0 unspecified atom stereocenters. The maximum atomic E-state index is 5.37. The molecule has 0 spiro atoms.